The summed E-state index contributed by atoms with van der Waals surface area (Å²) in [5, 5.41) is 9.15. The lowest BCUT2D eigenvalue weighted by Gasteiger charge is -2.25. The zero-order valence-corrected chi connectivity index (χ0v) is 13.2. The summed E-state index contributed by atoms with van der Waals surface area (Å²) in [5.74, 6) is -3.37. The molecule has 0 aliphatic carbocycles. The number of carbonyl (C=O) groups is 3. The fraction of sp³-hybridized carbons (Fsp3) is 0.471. The molecule has 1 N–H and O–H groups in total. The first-order valence-electron chi connectivity index (χ1n) is 7.10. The van der Waals surface area contributed by atoms with Gasteiger partial charge in [-0.1, -0.05) is 51.1 Å². The third-order valence-electron chi connectivity index (χ3n) is 3.18. The second-order valence-electron chi connectivity index (χ2n) is 6.30. The molecule has 1 aromatic rings. The summed E-state index contributed by atoms with van der Waals surface area (Å²) in [7, 11) is 0. The maximum atomic E-state index is 12.0. The van der Waals surface area contributed by atoms with Crippen molar-refractivity contribution in [2.45, 2.75) is 33.8 Å². The van der Waals surface area contributed by atoms with Gasteiger partial charge in [0.25, 0.3) is 0 Å². The normalized spacial score (nSPS) is 12.7. The van der Waals surface area contributed by atoms with Crippen molar-refractivity contribution in [1.82, 2.24) is 0 Å². The third kappa shape index (κ3) is 5.77. The van der Waals surface area contributed by atoms with E-state index < -0.39 is 35.3 Å². The zero-order valence-electron chi connectivity index (χ0n) is 13.2. The Kier molecular flexibility index (Phi) is 6.43. The van der Waals surface area contributed by atoms with E-state index in [-0.39, 0.29) is 13.2 Å². The van der Waals surface area contributed by atoms with Gasteiger partial charge in [0.1, 0.15) is 12.5 Å². The van der Waals surface area contributed by atoms with Crippen molar-refractivity contribution >= 4 is 17.5 Å². The second kappa shape index (κ2) is 7.84. The van der Waals surface area contributed by atoms with Crippen LogP contribution in [0, 0.1) is 11.3 Å². The van der Waals surface area contributed by atoms with Crippen LogP contribution < -0.4 is 0 Å². The van der Waals surface area contributed by atoms with Crippen LogP contribution in [0.4, 0.5) is 0 Å². The average Bonchev–Trinajstić information content (AvgIpc) is 2.37. The number of Topliss-reactive ketones (excluding diaryl/α,β-unsaturated/α-hetero) is 2. The number of ketones is 2. The molecule has 0 radical (unpaired) electrons. The van der Waals surface area contributed by atoms with Gasteiger partial charge >= 0.3 is 5.97 Å². The minimum Gasteiger partial charge on any atom is -0.481 e. The molecule has 22 heavy (non-hydrogen) atoms. The van der Waals surface area contributed by atoms with Gasteiger partial charge in [0.05, 0.1) is 13.0 Å². The van der Waals surface area contributed by atoms with Crippen LogP contribution in [-0.4, -0.2) is 29.2 Å². The van der Waals surface area contributed by atoms with Crippen LogP contribution in [0.15, 0.2) is 30.3 Å². The Morgan fingerprint density at radius 1 is 1.14 bits per heavy atom. The summed E-state index contributed by atoms with van der Waals surface area (Å²) in [6.45, 7) is 5.08. The number of carbonyl (C=O) groups excluding carboxylic acids is 2. The summed E-state index contributed by atoms with van der Waals surface area (Å²) < 4.78 is 5.26. The number of rotatable bonds is 8. The first-order valence-corrected chi connectivity index (χ1v) is 7.10. The van der Waals surface area contributed by atoms with Crippen molar-refractivity contribution in [2.24, 2.45) is 11.3 Å². The Balaban J connectivity index is 2.47. The number of benzene rings is 1. The number of carboxylic acid groups (broad SMARTS) is 1. The van der Waals surface area contributed by atoms with E-state index in [9.17, 15) is 14.4 Å². The predicted octanol–water partition coefficient (Wildman–Crippen LogP) is 2.48. The van der Waals surface area contributed by atoms with E-state index in [0.717, 1.165) is 5.56 Å². The lowest BCUT2D eigenvalue weighted by molar-refractivity contribution is -0.151. The standard InChI is InChI=1S/C17H22O5/c1-17(2,3)15(16(20)21)14(19)9-13(18)11-22-10-12-7-5-4-6-8-12/h4-8,15H,9-11H2,1-3H3,(H,20,21). The molecule has 1 atom stereocenters. The molecule has 0 bridgehead atoms. The van der Waals surface area contributed by atoms with Crippen LogP contribution in [0.3, 0.4) is 0 Å². The largest absolute Gasteiger partial charge is 0.481 e. The molecular weight excluding hydrogens is 284 g/mol. The molecule has 120 valence electrons. The minimum atomic E-state index is -1.20. The molecule has 0 heterocycles. The number of ether oxygens (including phenoxy) is 1. The Morgan fingerprint density at radius 2 is 1.73 bits per heavy atom. The topological polar surface area (TPSA) is 80.7 Å². The van der Waals surface area contributed by atoms with Crippen LogP contribution in [0.1, 0.15) is 32.8 Å². The fourth-order valence-electron chi connectivity index (χ4n) is 2.20. The first kappa shape index (κ1) is 18.0. The highest BCUT2D eigenvalue weighted by atomic mass is 16.5. The van der Waals surface area contributed by atoms with E-state index in [1.807, 2.05) is 30.3 Å². The second-order valence-corrected chi connectivity index (χ2v) is 6.30. The monoisotopic (exact) mass is 306 g/mol. The molecule has 0 saturated carbocycles. The zero-order chi connectivity index (χ0) is 16.8. The maximum Gasteiger partial charge on any atom is 0.314 e. The molecule has 1 rings (SSSR count). The van der Waals surface area contributed by atoms with Crippen LogP contribution in [0.25, 0.3) is 0 Å². The van der Waals surface area contributed by atoms with Gasteiger partial charge in [-0.15, -0.1) is 0 Å². The molecular formula is C17H22O5. The van der Waals surface area contributed by atoms with E-state index in [1.54, 1.807) is 20.8 Å². The smallest absolute Gasteiger partial charge is 0.314 e. The lowest BCUT2D eigenvalue weighted by atomic mass is 9.77. The summed E-state index contributed by atoms with van der Waals surface area (Å²) >= 11 is 0. The Morgan fingerprint density at radius 3 is 2.23 bits per heavy atom. The summed E-state index contributed by atoms with van der Waals surface area (Å²) in [4.78, 5) is 35.0. The number of hydrogen-bond donors (Lipinski definition) is 1. The molecule has 0 amide bonds. The van der Waals surface area contributed by atoms with Crippen LogP contribution >= 0.6 is 0 Å². The molecule has 1 unspecified atom stereocenters. The molecule has 0 aromatic heterocycles. The van der Waals surface area contributed by atoms with Gasteiger partial charge < -0.3 is 9.84 Å². The van der Waals surface area contributed by atoms with E-state index in [2.05, 4.69) is 0 Å². The first-order chi connectivity index (χ1) is 10.2. The summed E-state index contributed by atoms with van der Waals surface area (Å²) in [5.41, 5.74) is 0.202. The van der Waals surface area contributed by atoms with Gasteiger partial charge in [-0.05, 0) is 11.0 Å². The number of hydrogen-bond acceptors (Lipinski definition) is 4. The van der Waals surface area contributed by atoms with Crippen LogP contribution in [0.2, 0.25) is 0 Å². The predicted molar refractivity (Wildman–Crippen MR) is 81.3 cm³/mol. The van der Waals surface area contributed by atoms with Gasteiger partial charge in [0.2, 0.25) is 0 Å². The fourth-order valence-corrected chi connectivity index (χ4v) is 2.20. The van der Waals surface area contributed by atoms with Gasteiger partial charge in [0.15, 0.2) is 11.6 Å². The Labute approximate surface area is 130 Å². The quantitative estimate of drug-likeness (QED) is 0.746. The maximum absolute atomic E-state index is 12.0. The Hall–Kier alpha value is -2.01. The Bertz CT molecular complexity index is 528. The number of carboxylic acids is 1. The van der Waals surface area contributed by atoms with Crippen molar-refractivity contribution in [1.29, 1.82) is 0 Å². The highest BCUT2D eigenvalue weighted by Crippen LogP contribution is 2.28. The van der Waals surface area contributed by atoms with Gasteiger partial charge in [-0.25, -0.2) is 0 Å². The van der Waals surface area contributed by atoms with Crippen molar-refractivity contribution in [3.63, 3.8) is 0 Å². The van der Waals surface area contributed by atoms with Crippen molar-refractivity contribution in [3.05, 3.63) is 35.9 Å². The highest BCUT2D eigenvalue weighted by molar-refractivity contribution is 6.08. The van der Waals surface area contributed by atoms with Gasteiger partial charge in [0, 0.05) is 0 Å². The van der Waals surface area contributed by atoms with E-state index in [1.165, 1.54) is 0 Å². The van der Waals surface area contributed by atoms with Crippen LogP contribution in [0.5, 0.6) is 0 Å². The summed E-state index contributed by atoms with van der Waals surface area (Å²) in [6.07, 6.45) is -0.414. The van der Waals surface area contributed by atoms with E-state index in [4.69, 9.17) is 9.84 Å². The van der Waals surface area contributed by atoms with Crippen molar-refractivity contribution in [2.75, 3.05) is 6.61 Å². The summed E-state index contributed by atoms with van der Waals surface area (Å²) in [6, 6.07) is 9.35. The van der Waals surface area contributed by atoms with E-state index in [0.29, 0.717) is 0 Å². The molecule has 5 nitrogen and oxygen atoms in total. The molecule has 0 fully saturated rings. The van der Waals surface area contributed by atoms with Gasteiger partial charge in [-0.3, -0.25) is 14.4 Å². The molecule has 1 aromatic carbocycles. The number of aliphatic carboxylic acids is 1. The van der Waals surface area contributed by atoms with Crippen molar-refractivity contribution in [3.8, 4) is 0 Å². The van der Waals surface area contributed by atoms with Crippen LogP contribution in [-0.2, 0) is 25.7 Å². The average molecular weight is 306 g/mol. The molecule has 0 saturated heterocycles. The molecule has 0 aliphatic heterocycles. The van der Waals surface area contributed by atoms with E-state index >= 15 is 0 Å². The molecule has 0 aliphatic rings. The lowest BCUT2D eigenvalue weighted by Crippen LogP contribution is -2.36. The molecule has 5 heteroatoms. The highest BCUT2D eigenvalue weighted by Gasteiger charge is 2.37. The minimum absolute atomic E-state index is 0.197. The van der Waals surface area contributed by atoms with Crippen molar-refractivity contribution < 1.29 is 24.2 Å². The SMILES string of the molecule is CC(C)(C)C(C(=O)O)C(=O)CC(=O)COCc1ccccc1. The molecule has 0 spiro atoms. The van der Waals surface area contributed by atoms with Gasteiger partial charge in [-0.2, -0.15) is 0 Å². The third-order valence-corrected chi connectivity index (χ3v) is 3.18.